The van der Waals surface area contributed by atoms with Crippen LogP contribution in [0, 0.1) is 30.9 Å². The van der Waals surface area contributed by atoms with Gasteiger partial charge in [0, 0.05) is 11.6 Å². The molecule has 2 aromatic carbocycles. The van der Waals surface area contributed by atoms with Crippen molar-refractivity contribution < 1.29 is 4.92 Å². The van der Waals surface area contributed by atoms with Gasteiger partial charge in [-0.05, 0) is 86.6 Å². The van der Waals surface area contributed by atoms with E-state index in [9.17, 15) is 10.1 Å². The zero-order valence-corrected chi connectivity index (χ0v) is 14.7. The van der Waals surface area contributed by atoms with Gasteiger partial charge in [0.25, 0.3) is 5.69 Å². The molecule has 0 spiro atoms. The lowest BCUT2D eigenvalue weighted by molar-refractivity contribution is -0.385. The second-order valence-corrected chi connectivity index (χ2v) is 7.20. The molecule has 0 radical (unpaired) electrons. The van der Waals surface area contributed by atoms with Gasteiger partial charge in [0.1, 0.15) is 0 Å². The van der Waals surface area contributed by atoms with E-state index < -0.39 is 0 Å². The van der Waals surface area contributed by atoms with Crippen molar-refractivity contribution in [3.05, 3.63) is 74.3 Å². The topological polar surface area (TPSA) is 43.1 Å². The van der Waals surface area contributed by atoms with Crippen LogP contribution in [0.4, 0.5) is 5.69 Å². The highest BCUT2D eigenvalue weighted by Crippen LogP contribution is 2.41. The van der Waals surface area contributed by atoms with E-state index in [1.165, 1.54) is 35.1 Å². The molecule has 1 fully saturated rings. The molecule has 1 saturated carbocycles. The van der Waals surface area contributed by atoms with E-state index in [2.05, 4.69) is 32.0 Å². The lowest BCUT2D eigenvalue weighted by Crippen LogP contribution is -2.12. The molecule has 0 atom stereocenters. The minimum Gasteiger partial charge on any atom is -0.258 e. The van der Waals surface area contributed by atoms with Gasteiger partial charge in [-0.15, -0.1) is 0 Å². The summed E-state index contributed by atoms with van der Waals surface area (Å²) >= 11 is 0. The number of aryl methyl sites for hydroxylation is 3. The Morgan fingerprint density at radius 2 is 1.29 bits per heavy atom. The molecule has 0 N–H and O–H groups in total. The fraction of sp³-hybridized carbons (Fsp3) is 0.429. The van der Waals surface area contributed by atoms with Crippen LogP contribution in [0.5, 0.6) is 0 Å². The lowest BCUT2D eigenvalue weighted by Gasteiger charge is -2.29. The van der Waals surface area contributed by atoms with Crippen molar-refractivity contribution in [3.63, 3.8) is 0 Å². The lowest BCUT2D eigenvalue weighted by atomic mass is 9.75. The molecule has 0 heterocycles. The molecule has 0 amide bonds. The van der Waals surface area contributed by atoms with Crippen LogP contribution < -0.4 is 0 Å². The normalized spacial score (nSPS) is 20.8. The average molecular weight is 323 g/mol. The standard InChI is InChI=1S/C21H25NO2/c1-14-4-5-19(12-15(14)2)17-6-8-18(9-7-17)20-10-11-21(22(23)24)16(3)13-20/h4-5,10-13,17-18H,6-9H2,1-3H3. The van der Waals surface area contributed by atoms with Crippen LogP contribution in [-0.4, -0.2) is 4.92 Å². The van der Waals surface area contributed by atoms with Crippen LogP contribution in [0.1, 0.15) is 65.3 Å². The van der Waals surface area contributed by atoms with Crippen LogP contribution in [-0.2, 0) is 0 Å². The largest absolute Gasteiger partial charge is 0.272 e. The van der Waals surface area contributed by atoms with Crippen LogP contribution in [0.25, 0.3) is 0 Å². The maximum atomic E-state index is 11.0. The SMILES string of the molecule is Cc1ccc(C2CCC(c3ccc([N+](=O)[O-])c(C)c3)CC2)cc1C. The summed E-state index contributed by atoms with van der Waals surface area (Å²) in [6.45, 7) is 6.18. The quantitative estimate of drug-likeness (QED) is 0.516. The van der Waals surface area contributed by atoms with E-state index in [0.717, 1.165) is 18.4 Å². The first-order valence-electron chi connectivity index (χ1n) is 8.78. The third-order valence-corrected chi connectivity index (χ3v) is 5.62. The zero-order chi connectivity index (χ0) is 17.3. The highest BCUT2D eigenvalue weighted by molar-refractivity contribution is 5.43. The number of hydrogen-bond acceptors (Lipinski definition) is 2. The Balaban J connectivity index is 1.69. The molecule has 0 bridgehead atoms. The summed E-state index contributed by atoms with van der Waals surface area (Å²) in [5.74, 6) is 1.19. The molecule has 0 unspecified atom stereocenters. The smallest absolute Gasteiger partial charge is 0.258 e. The second-order valence-electron chi connectivity index (χ2n) is 7.20. The number of nitro benzene ring substituents is 1. The molecule has 0 aromatic heterocycles. The predicted molar refractivity (Wildman–Crippen MR) is 97.7 cm³/mol. The number of rotatable bonds is 3. The average Bonchev–Trinajstić information content (AvgIpc) is 2.57. The molecule has 126 valence electrons. The Morgan fingerprint density at radius 1 is 0.792 bits per heavy atom. The van der Waals surface area contributed by atoms with Crippen LogP contribution in [0.2, 0.25) is 0 Å². The van der Waals surface area contributed by atoms with Crippen molar-refractivity contribution in [2.75, 3.05) is 0 Å². The first kappa shape index (κ1) is 16.7. The Hall–Kier alpha value is -2.16. The molecular weight excluding hydrogens is 298 g/mol. The van der Waals surface area contributed by atoms with Gasteiger partial charge in [-0.25, -0.2) is 0 Å². The van der Waals surface area contributed by atoms with Gasteiger partial charge in [0.2, 0.25) is 0 Å². The fourth-order valence-electron chi connectivity index (χ4n) is 3.92. The molecular formula is C21H25NO2. The van der Waals surface area contributed by atoms with E-state index in [-0.39, 0.29) is 10.6 Å². The molecule has 3 nitrogen and oxygen atoms in total. The molecule has 1 aliphatic carbocycles. The first-order valence-corrected chi connectivity index (χ1v) is 8.78. The van der Waals surface area contributed by atoms with E-state index >= 15 is 0 Å². The minimum atomic E-state index is -0.296. The van der Waals surface area contributed by atoms with Crippen LogP contribution >= 0.6 is 0 Å². The van der Waals surface area contributed by atoms with Gasteiger partial charge in [-0.2, -0.15) is 0 Å². The summed E-state index contributed by atoms with van der Waals surface area (Å²) in [6.07, 6.45) is 4.72. The third kappa shape index (κ3) is 3.35. The zero-order valence-electron chi connectivity index (χ0n) is 14.7. The monoisotopic (exact) mass is 323 g/mol. The van der Waals surface area contributed by atoms with Crippen molar-refractivity contribution in [1.82, 2.24) is 0 Å². The molecule has 0 aliphatic heterocycles. The number of benzene rings is 2. The fourth-order valence-corrected chi connectivity index (χ4v) is 3.92. The Morgan fingerprint density at radius 3 is 1.75 bits per heavy atom. The van der Waals surface area contributed by atoms with E-state index in [1.807, 2.05) is 19.1 Å². The number of hydrogen-bond donors (Lipinski definition) is 0. The third-order valence-electron chi connectivity index (χ3n) is 5.62. The summed E-state index contributed by atoms with van der Waals surface area (Å²) in [4.78, 5) is 10.7. The minimum absolute atomic E-state index is 0.225. The van der Waals surface area contributed by atoms with Gasteiger partial charge in [-0.1, -0.05) is 24.3 Å². The predicted octanol–water partition coefficient (Wildman–Crippen LogP) is 5.96. The summed E-state index contributed by atoms with van der Waals surface area (Å²) < 4.78 is 0. The Bertz CT molecular complexity index is 758. The van der Waals surface area contributed by atoms with Gasteiger partial charge in [0.05, 0.1) is 4.92 Å². The van der Waals surface area contributed by atoms with E-state index in [4.69, 9.17) is 0 Å². The molecule has 2 aromatic rings. The van der Waals surface area contributed by atoms with Crippen molar-refractivity contribution >= 4 is 5.69 Å². The van der Waals surface area contributed by atoms with E-state index in [1.54, 1.807) is 6.07 Å². The Labute approximate surface area is 143 Å². The highest BCUT2D eigenvalue weighted by atomic mass is 16.6. The maximum absolute atomic E-state index is 11.0. The van der Waals surface area contributed by atoms with Gasteiger partial charge in [0.15, 0.2) is 0 Å². The molecule has 24 heavy (non-hydrogen) atoms. The molecule has 3 heteroatoms. The Kier molecular flexibility index (Phi) is 4.70. The summed E-state index contributed by atoms with van der Waals surface area (Å²) in [6, 6.07) is 12.5. The van der Waals surface area contributed by atoms with Gasteiger partial charge < -0.3 is 0 Å². The first-order chi connectivity index (χ1) is 11.5. The van der Waals surface area contributed by atoms with Gasteiger partial charge >= 0.3 is 0 Å². The van der Waals surface area contributed by atoms with Crippen molar-refractivity contribution in [1.29, 1.82) is 0 Å². The van der Waals surface area contributed by atoms with Crippen molar-refractivity contribution in [2.24, 2.45) is 0 Å². The van der Waals surface area contributed by atoms with E-state index in [0.29, 0.717) is 11.8 Å². The highest BCUT2D eigenvalue weighted by Gasteiger charge is 2.24. The second kappa shape index (κ2) is 6.76. The van der Waals surface area contributed by atoms with Crippen molar-refractivity contribution in [2.45, 2.75) is 58.3 Å². The molecule has 3 rings (SSSR count). The molecule has 0 saturated heterocycles. The summed E-state index contributed by atoms with van der Waals surface area (Å²) in [7, 11) is 0. The maximum Gasteiger partial charge on any atom is 0.272 e. The summed E-state index contributed by atoms with van der Waals surface area (Å²) in [5, 5.41) is 11.0. The number of nitro groups is 1. The summed E-state index contributed by atoms with van der Waals surface area (Å²) in [5.41, 5.74) is 6.46. The van der Waals surface area contributed by atoms with Crippen molar-refractivity contribution in [3.8, 4) is 0 Å². The van der Waals surface area contributed by atoms with Crippen LogP contribution in [0.3, 0.4) is 0 Å². The van der Waals surface area contributed by atoms with Crippen LogP contribution in [0.15, 0.2) is 36.4 Å². The van der Waals surface area contributed by atoms with Gasteiger partial charge in [-0.3, -0.25) is 10.1 Å². The molecule has 1 aliphatic rings. The number of nitrogens with zero attached hydrogens (tertiary/aromatic N) is 1.